The van der Waals surface area contributed by atoms with Crippen LogP contribution in [0.25, 0.3) is 0 Å². The molecule has 0 saturated heterocycles. The van der Waals surface area contributed by atoms with Gasteiger partial charge in [0.15, 0.2) is 6.29 Å². The van der Waals surface area contributed by atoms with Crippen LogP contribution in [0, 0.1) is 0 Å². The number of hydrogen-bond donors (Lipinski definition) is 0. The lowest BCUT2D eigenvalue weighted by atomic mass is 10.3. The van der Waals surface area contributed by atoms with Crippen LogP contribution in [0.4, 0.5) is 0 Å². The maximum Gasteiger partial charge on any atom is 0.168 e. The van der Waals surface area contributed by atoms with Gasteiger partial charge in [0.2, 0.25) is 0 Å². The van der Waals surface area contributed by atoms with Crippen molar-refractivity contribution in [3.05, 3.63) is 29.6 Å². The minimum atomic E-state index is 0.444. The van der Waals surface area contributed by atoms with Gasteiger partial charge >= 0.3 is 0 Å². The summed E-state index contributed by atoms with van der Waals surface area (Å²) in [5, 5.41) is 0. The molecule has 0 spiro atoms. The van der Waals surface area contributed by atoms with E-state index in [0.29, 0.717) is 12.3 Å². The summed E-state index contributed by atoms with van der Waals surface area (Å²) in [4.78, 5) is 14.2. The number of pyridine rings is 1. The summed E-state index contributed by atoms with van der Waals surface area (Å²) in [6, 6.07) is 5.26. The molecule has 0 bridgehead atoms. The van der Waals surface area contributed by atoms with E-state index in [1.807, 2.05) is 6.07 Å². The Labute approximate surface area is 65.0 Å². The van der Waals surface area contributed by atoms with E-state index in [2.05, 4.69) is 4.98 Å². The molecule has 0 atom stereocenters. The normalized spacial score (nSPS) is 9.55. The summed E-state index contributed by atoms with van der Waals surface area (Å²) in [5.74, 6) is 0. The van der Waals surface area contributed by atoms with Crippen LogP contribution in [0.5, 0.6) is 0 Å². The molecule has 0 aliphatic heterocycles. The second kappa shape index (κ2) is 3.83. The van der Waals surface area contributed by atoms with Crippen LogP contribution in [0.1, 0.15) is 16.2 Å². The molecule has 1 aromatic rings. The van der Waals surface area contributed by atoms with E-state index < -0.39 is 0 Å². The zero-order chi connectivity index (χ0) is 8.10. The van der Waals surface area contributed by atoms with E-state index >= 15 is 0 Å². The molecule has 3 heteroatoms. The summed E-state index contributed by atoms with van der Waals surface area (Å²) in [6.07, 6.45) is 0.721. The fourth-order valence-electron chi connectivity index (χ4n) is 0.792. The fourth-order valence-corrected chi connectivity index (χ4v) is 0.792. The number of nitrogens with zero attached hydrogens (tertiary/aromatic N) is 1. The Hall–Kier alpha value is -1.22. The Balaban J connectivity index is 2.82. The lowest BCUT2D eigenvalue weighted by Crippen LogP contribution is -1.94. The van der Waals surface area contributed by atoms with E-state index in [-0.39, 0.29) is 0 Å². The molecule has 0 fully saturated rings. The molecule has 11 heavy (non-hydrogen) atoms. The first-order valence-electron chi connectivity index (χ1n) is 3.27. The lowest BCUT2D eigenvalue weighted by Gasteiger charge is -1.97. The minimum Gasteiger partial charge on any atom is -0.378 e. The predicted molar refractivity (Wildman–Crippen MR) is 40.3 cm³/mol. The Bertz CT molecular complexity index is 248. The highest BCUT2D eigenvalue weighted by atomic mass is 16.5. The quantitative estimate of drug-likeness (QED) is 0.606. The molecule has 0 saturated carbocycles. The van der Waals surface area contributed by atoms with Crippen molar-refractivity contribution >= 4 is 6.29 Å². The first-order chi connectivity index (χ1) is 5.36. The SMILES string of the molecule is COCc1cccc(C=O)n1. The number of aromatic nitrogens is 1. The molecule has 58 valence electrons. The fraction of sp³-hybridized carbons (Fsp3) is 0.250. The molecule has 0 aliphatic carbocycles. The van der Waals surface area contributed by atoms with E-state index in [1.54, 1.807) is 19.2 Å². The van der Waals surface area contributed by atoms with Gasteiger partial charge in [0.1, 0.15) is 5.69 Å². The van der Waals surface area contributed by atoms with Crippen molar-refractivity contribution < 1.29 is 9.53 Å². The van der Waals surface area contributed by atoms with Crippen molar-refractivity contribution in [1.82, 2.24) is 4.98 Å². The van der Waals surface area contributed by atoms with E-state index in [1.165, 1.54) is 0 Å². The number of hydrogen-bond acceptors (Lipinski definition) is 3. The molecular weight excluding hydrogens is 142 g/mol. The first-order valence-corrected chi connectivity index (χ1v) is 3.27. The molecule has 1 rings (SSSR count). The molecule has 0 aliphatic rings. The zero-order valence-corrected chi connectivity index (χ0v) is 6.28. The third kappa shape index (κ3) is 2.13. The first kappa shape index (κ1) is 7.88. The molecule has 1 heterocycles. The second-order valence-corrected chi connectivity index (χ2v) is 2.10. The lowest BCUT2D eigenvalue weighted by molar-refractivity contribution is 0.111. The Morgan fingerprint density at radius 1 is 1.64 bits per heavy atom. The standard InChI is InChI=1S/C8H9NO2/c1-11-6-8-4-2-3-7(5-10)9-8/h2-5H,6H2,1H3. The monoisotopic (exact) mass is 151 g/mol. The summed E-state index contributed by atoms with van der Waals surface area (Å²) < 4.78 is 4.85. The molecule has 0 aromatic carbocycles. The summed E-state index contributed by atoms with van der Waals surface area (Å²) in [7, 11) is 1.59. The van der Waals surface area contributed by atoms with Crippen molar-refractivity contribution in [3.63, 3.8) is 0 Å². The van der Waals surface area contributed by atoms with Gasteiger partial charge in [0.05, 0.1) is 12.3 Å². The largest absolute Gasteiger partial charge is 0.378 e. The summed E-state index contributed by atoms with van der Waals surface area (Å²) in [5.41, 5.74) is 1.22. The Morgan fingerprint density at radius 2 is 2.45 bits per heavy atom. The van der Waals surface area contributed by atoms with Crippen LogP contribution >= 0.6 is 0 Å². The van der Waals surface area contributed by atoms with Gasteiger partial charge in [-0.1, -0.05) is 6.07 Å². The number of rotatable bonds is 3. The topological polar surface area (TPSA) is 39.2 Å². The zero-order valence-electron chi connectivity index (χ0n) is 6.28. The van der Waals surface area contributed by atoms with Crippen molar-refractivity contribution in [2.24, 2.45) is 0 Å². The van der Waals surface area contributed by atoms with Crippen molar-refractivity contribution in [2.75, 3.05) is 7.11 Å². The van der Waals surface area contributed by atoms with Crippen LogP contribution in [-0.4, -0.2) is 18.4 Å². The van der Waals surface area contributed by atoms with Gasteiger partial charge in [-0.05, 0) is 12.1 Å². The molecule has 0 amide bonds. The van der Waals surface area contributed by atoms with Crippen molar-refractivity contribution in [1.29, 1.82) is 0 Å². The van der Waals surface area contributed by atoms with Crippen LogP contribution in [0.2, 0.25) is 0 Å². The number of carbonyl (C=O) groups is 1. The highest BCUT2D eigenvalue weighted by Crippen LogP contribution is 1.97. The van der Waals surface area contributed by atoms with Gasteiger partial charge < -0.3 is 4.74 Å². The Kier molecular flexibility index (Phi) is 2.74. The van der Waals surface area contributed by atoms with Crippen LogP contribution in [-0.2, 0) is 11.3 Å². The molecule has 0 unspecified atom stereocenters. The van der Waals surface area contributed by atoms with Gasteiger partial charge in [-0.2, -0.15) is 0 Å². The number of ether oxygens (including phenoxy) is 1. The second-order valence-electron chi connectivity index (χ2n) is 2.10. The van der Waals surface area contributed by atoms with Gasteiger partial charge in [-0.15, -0.1) is 0 Å². The molecule has 3 nitrogen and oxygen atoms in total. The maximum atomic E-state index is 10.3. The summed E-state index contributed by atoms with van der Waals surface area (Å²) >= 11 is 0. The molecule has 0 N–H and O–H groups in total. The average Bonchev–Trinajstić information content (AvgIpc) is 2.06. The van der Waals surface area contributed by atoms with E-state index in [4.69, 9.17) is 4.74 Å². The van der Waals surface area contributed by atoms with E-state index in [0.717, 1.165) is 12.0 Å². The van der Waals surface area contributed by atoms with Gasteiger partial charge in [0, 0.05) is 7.11 Å². The Morgan fingerprint density at radius 3 is 3.09 bits per heavy atom. The van der Waals surface area contributed by atoms with Crippen molar-refractivity contribution in [2.45, 2.75) is 6.61 Å². The van der Waals surface area contributed by atoms with Crippen LogP contribution in [0.3, 0.4) is 0 Å². The van der Waals surface area contributed by atoms with Gasteiger partial charge in [-0.25, -0.2) is 4.98 Å². The number of aldehydes is 1. The molecule has 1 aromatic heterocycles. The highest BCUT2D eigenvalue weighted by molar-refractivity contribution is 5.71. The third-order valence-corrected chi connectivity index (χ3v) is 1.24. The molecular formula is C8H9NO2. The van der Waals surface area contributed by atoms with E-state index in [9.17, 15) is 4.79 Å². The number of carbonyl (C=O) groups excluding carboxylic acids is 1. The van der Waals surface area contributed by atoms with Crippen LogP contribution < -0.4 is 0 Å². The average molecular weight is 151 g/mol. The van der Waals surface area contributed by atoms with Crippen LogP contribution in [0.15, 0.2) is 18.2 Å². The summed E-state index contributed by atoms with van der Waals surface area (Å²) in [6.45, 7) is 0.446. The van der Waals surface area contributed by atoms with Gasteiger partial charge in [0.25, 0.3) is 0 Å². The number of methoxy groups -OCH3 is 1. The molecule has 0 radical (unpaired) electrons. The third-order valence-electron chi connectivity index (χ3n) is 1.24. The van der Waals surface area contributed by atoms with Gasteiger partial charge in [-0.3, -0.25) is 4.79 Å². The minimum absolute atomic E-state index is 0.444. The smallest absolute Gasteiger partial charge is 0.168 e. The maximum absolute atomic E-state index is 10.3. The van der Waals surface area contributed by atoms with Crippen molar-refractivity contribution in [3.8, 4) is 0 Å². The highest BCUT2D eigenvalue weighted by Gasteiger charge is 1.94. The predicted octanol–water partition coefficient (Wildman–Crippen LogP) is 1.04.